The molecule has 17 heavy (non-hydrogen) atoms. The van der Waals surface area contributed by atoms with Crippen LogP contribution in [0, 0.1) is 11.6 Å². The fourth-order valence-electron chi connectivity index (χ4n) is 1.08. The zero-order chi connectivity index (χ0) is 12.8. The predicted molar refractivity (Wildman–Crippen MR) is 56.5 cm³/mol. The van der Waals surface area contributed by atoms with E-state index in [4.69, 9.17) is 10.2 Å². The number of urea groups is 1. The number of aliphatic hydroxyl groups is 2. The maximum absolute atomic E-state index is 13.1. The highest BCUT2D eigenvalue weighted by Gasteiger charge is 2.12. The van der Waals surface area contributed by atoms with Gasteiger partial charge in [0.1, 0.15) is 11.6 Å². The van der Waals surface area contributed by atoms with Crippen molar-refractivity contribution in [2.75, 3.05) is 18.5 Å². The molecule has 1 rings (SSSR count). The van der Waals surface area contributed by atoms with Crippen molar-refractivity contribution < 1.29 is 23.8 Å². The molecule has 0 fully saturated rings. The lowest BCUT2D eigenvalue weighted by Crippen LogP contribution is -2.42. The van der Waals surface area contributed by atoms with Crippen LogP contribution >= 0.6 is 0 Å². The van der Waals surface area contributed by atoms with Crippen LogP contribution in [0.2, 0.25) is 0 Å². The first-order valence-electron chi connectivity index (χ1n) is 4.81. The number of aliphatic hydroxyl groups excluding tert-OH is 2. The largest absolute Gasteiger partial charge is 0.394 e. The molecule has 7 heteroatoms. The summed E-state index contributed by atoms with van der Waals surface area (Å²) < 4.78 is 25.7. The Balaban J connectivity index is 2.62. The number of nitrogens with one attached hydrogen (secondary N) is 2. The summed E-state index contributed by atoms with van der Waals surface area (Å²) in [7, 11) is 0. The first kappa shape index (κ1) is 13.3. The van der Waals surface area contributed by atoms with Crippen molar-refractivity contribution in [3.05, 3.63) is 29.8 Å². The standard InChI is InChI=1S/C10H12F2N2O3/c11-6-1-2-9(8(12)3-6)14-10(17)13-7(4-15)5-16/h1-3,7,15-16H,4-5H2,(H2,13,14,17). The second-order valence-electron chi connectivity index (χ2n) is 3.28. The topological polar surface area (TPSA) is 81.6 Å². The van der Waals surface area contributed by atoms with Crippen molar-refractivity contribution in [1.82, 2.24) is 5.32 Å². The van der Waals surface area contributed by atoms with Crippen LogP contribution in [0.25, 0.3) is 0 Å². The Kier molecular flexibility index (Phi) is 4.80. The molecule has 1 aromatic rings. The van der Waals surface area contributed by atoms with Crippen LogP contribution in [-0.4, -0.2) is 35.5 Å². The Morgan fingerprint density at radius 1 is 1.29 bits per heavy atom. The van der Waals surface area contributed by atoms with Gasteiger partial charge < -0.3 is 20.8 Å². The summed E-state index contributed by atoms with van der Waals surface area (Å²) in [6, 6.07) is 1.05. The molecule has 0 heterocycles. The second-order valence-corrected chi connectivity index (χ2v) is 3.28. The summed E-state index contributed by atoms with van der Waals surface area (Å²) in [6.07, 6.45) is 0. The molecule has 1 aromatic carbocycles. The van der Waals surface area contributed by atoms with Crippen LogP contribution in [-0.2, 0) is 0 Å². The predicted octanol–water partition coefficient (Wildman–Crippen LogP) is 0.440. The van der Waals surface area contributed by atoms with Crippen molar-refractivity contribution >= 4 is 11.7 Å². The zero-order valence-corrected chi connectivity index (χ0v) is 8.78. The minimum atomic E-state index is -0.912. The van der Waals surface area contributed by atoms with Gasteiger partial charge in [-0.25, -0.2) is 13.6 Å². The van der Waals surface area contributed by atoms with Crippen molar-refractivity contribution in [2.45, 2.75) is 6.04 Å². The normalized spacial score (nSPS) is 10.4. The van der Waals surface area contributed by atoms with E-state index in [1.807, 2.05) is 0 Å². The summed E-state index contributed by atoms with van der Waals surface area (Å²) in [5, 5.41) is 21.7. The Labute approximate surface area is 96.1 Å². The average Bonchev–Trinajstić information content (AvgIpc) is 2.29. The molecule has 0 saturated heterocycles. The SMILES string of the molecule is O=C(Nc1ccc(F)cc1F)NC(CO)CO. The highest BCUT2D eigenvalue weighted by molar-refractivity contribution is 5.89. The zero-order valence-electron chi connectivity index (χ0n) is 8.78. The molecule has 0 aliphatic rings. The van der Waals surface area contributed by atoms with Gasteiger partial charge in [-0.05, 0) is 12.1 Å². The van der Waals surface area contributed by atoms with Gasteiger partial charge in [0.2, 0.25) is 0 Å². The molecule has 2 amide bonds. The van der Waals surface area contributed by atoms with Crippen LogP contribution in [0.1, 0.15) is 0 Å². The van der Waals surface area contributed by atoms with Crippen LogP contribution in [0.15, 0.2) is 18.2 Å². The summed E-state index contributed by atoms with van der Waals surface area (Å²) in [5.74, 6) is -1.67. The summed E-state index contributed by atoms with van der Waals surface area (Å²) in [5.41, 5.74) is -0.196. The van der Waals surface area contributed by atoms with E-state index >= 15 is 0 Å². The molecular formula is C10H12F2N2O3. The van der Waals surface area contributed by atoms with Crippen molar-refractivity contribution in [1.29, 1.82) is 0 Å². The first-order valence-corrected chi connectivity index (χ1v) is 4.81. The molecule has 0 radical (unpaired) electrons. The van der Waals surface area contributed by atoms with E-state index in [0.717, 1.165) is 12.1 Å². The van der Waals surface area contributed by atoms with Crippen LogP contribution in [0.5, 0.6) is 0 Å². The molecular weight excluding hydrogens is 234 g/mol. The number of hydrogen-bond donors (Lipinski definition) is 4. The Bertz CT molecular complexity index is 397. The quantitative estimate of drug-likeness (QED) is 0.622. The van der Waals surface area contributed by atoms with Gasteiger partial charge >= 0.3 is 6.03 Å². The number of amides is 2. The molecule has 0 spiro atoms. The number of carbonyl (C=O) groups excluding carboxylic acids is 1. The highest BCUT2D eigenvalue weighted by Crippen LogP contribution is 2.14. The molecule has 94 valence electrons. The number of anilines is 1. The molecule has 0 aliphatic carbocycles. The second kappa shape index (κ2) is 6.12. The monoisotopic (exact) mass is 246 g/mol. The third kappa shape index (κ3) is 3.97. The van der Waals surface area contributed by atoms with Gasteiger partial charge in [0, 0.05) is 6.07 Å². The minimum absolute atomic E-state index is 0.196. The maximum Gasteiger partial charge on any atom is 0.319 e. The molecule has 0 atom stereocenters. The number of carbonyl (C=O) groups is 1. The van der Waals surface area contributed by atoms with E-state index < -0.39 is 36.9 Å². The molecule has 0 saturated carbocycles. The van der Waals surface area contributed by atoms with E-state index in [2.05, 4.69) is 10.6 Å². The summed E-state index contributed by atoms with van der Waals surface area (Å²) >= 11 is 0. The third-order valence-corrected chi connectivity index (χ3v) is 1.96. The van der Waals surface area contributed by atoms with E-state index in [-0.39, 0.29) is 5.69 Å². The summed E-state index contributed by atoms with van der Waals surface area (Å²) in [6.45, 7) is -0.897. The smallest absolute Gasteiger partial charge is 0.319 e. The fourth-order valence-corrected chi connectivity index (χ4v) is 1.08. The minimum Gasteiger partial charge on any atom is -0.394 e. The van der Waals surface area contributed by atoms with Crippen LogP contribution < -0.4 is 10.6 Å². The van der Waals surface area contributed by atoms with Gasteiger partial charge in [-0.2, -0.15) is 0 Å². The van der Waals surface area contributed by atoms with Crippen molar-refractivity contribution in [3.8, 4) is 0 Å². The Hall–Kier alpha value is -1.73. The maximum atomic E-state index is 13.1. The number of halogens is 2. The Morgan fingerprint density at radius 2 is 1.94 bits per heavy atom. The number of hydrogen-bond acceptors (Lipinski definition) is 3. The fraction of sp³-hybridized carbons (Fsp3) is 0.300. The molecule has 0 bridgehead atoms. The molecule has 0 aliphatic heterocycles. The van der Waals surface area contributed by atoms with Crippen LogP contribution in [0.4, 0.5) is 19.3 Å². The molecule has 0 unspecified atom stereocenters. The van der Waals surface area contributed by atoms with Gasteiger partial charge in [0.15, 0.2) is 0 Å². The average molecular weight is 246 g/mol. The Morgan fingerprint density at radius 3 is 2.47 bits per heavy atom. The van der Waals surface area contributed by atoms with Gasteiger partial charge in [-0.3, -0.25) is 0 Å². The molecule has 0 aromatic heterocycles. The van der Waals surface area contributed by atoms with E-state index in [1.165, 1.54) is 0 Å². The van der Waals surface area contributed by atoms with Gasteiger partial charge in [-0.1, -0.05) is 0 Å². The first-order chi connectivity index (χ1) is 8.06. The lowest BCUT2D eigenvalue weighted by molar-refractivity contribution is 0.172. The highest BCUT2D eigenvalue weighted by atomic mass is 19.1. The van der Waals surface area contributed by atoms with E-state index in [0.29, 0.717) is 6.07 Å². The third-order valence-electron chi connectivity index (χ3n) is 1.96. The van der Waals surface area contributed by atoms with Crippen molar-refractivity contribution in [3.63, 3.8) is 0 Å². The van der Waals surface area contributed by atoms with Crippen molar-refractivity contribution in [2.24, 2.45) is 0 Å². The lowest BCUT2D eigenvalue weighted by Gasteiger charge is -2.14. The summed E-state index contributed by atoms with van der Waals surface area (Å²) in [4.78, 5) is 11.3. The van der Waals surface area contributed by atoms with E-state index in [9.17, 15) is 13.6 Å². The molecule has 4 N–H and O–H groups in total. The van der Waals surface area contributed by atoms with Gasteiger partial charge in [0.05, 0.1) is 24.9 Å². The van der Waals surface area contributed by atoms with Crippen LogP contribution in [0.3, 0.4) is 0 Å². The number of rotatable bonds is 4. The number of benzene rings is 1. The lowest BCUT2D eigenvalue weighted by atomic mass is 10.3. The molecule has 5 nitrogen and oxygen atoms in total. The van der Waals surface area contributed by atoms with Gasteiger partial charge in [0.25, 0.3) is 0 Å². The van der Waals surface area contributed by atoms with E-state index in [1.54, 1.807) is 0 Å². The van der Waals surface area contributed by atoms with Gasteiger partial charge in [-0.15, -0.1) is 0 Å².